The van der Waals surface area contributed by atoms with Gasteiger partial charge in [0.05, 0.1) is 21.1 Å². The average Bonchev–Trinajstić information content (AvgIpc) is 3.44. The molecule has 0 spiro atoms. The number of aromatic amines is 2. The molecule has 28 heavy (non-hydrogen) atoms. The zero-order valence-electron chi connectivity index (χ0n) is 14.7. The van der Waals surface area contributed by atoms with Crippen molar-refractivity contribution in [3.63, 3.8) is 0 Å². The monoisotopic (exact) mass is 429 g/mol. The van der Waals surface area contributed by atoms with Crippen molar-refractivity contribution >= 4 is 45.9 Å². The van der Waals surface area contributed by atoms with Gasteiger partial charge in [0.1, 0.15) is 0 Å². The Bertz CT molecular complexity index is 1200. The zero-order chi connectivity index (χ0) is 19.7. The van der Waals surface area contributed by atoms with E-state index in [1.165, 1.54) is 11.3 Å². The van der Waals surface area contributed by atoms with E-state index in [4.69, 9.17) is 12.2 Å². The highest BCUT2D eigenvalue weighted by atomic mass is 32.1. The van der Waals surface area contributed by atoms with Crippen LogP contribution in [-0.4, -0.2) is 35.9 Å². The Kier molecular flexibility index (Phi) is 5.03. The molecule has 8 nitrogen and oxygen atoms in total. The van der Waals surface area contributed by atoms with Gasteiger partial charge in [0.2, 0.25) is 0 Å². The SMILES string of the molecule is C=CCn1c(-c2sc(NC(=O)c3cc(-c4cccs4)[nH]n3)nc2C)n[nH]c1=S. The van der Waals surface area contributed by atoms with Crippen molar-refractivity contribution in [1.29, 1.82) is 0 Å². The van der Waals surface area contributed by atoms with Gasteiger partial charge in [-0.1, -0.05) is 23.5 Å². The highest BCUT2D eigenvalue weighted by molar-refractivity contribution is 7.71. The minimum Gasteiger partial charge on any atom is -0.296 e. The first-order chi connectivity index (χ1) is 13.6. The van der Waals surface area contributed by atoms with Crippen molar-refractivity contribution in [3.8, 4) is 21.3 Å². The molecule has 1 amide bonds. The van der Waals surface area contributed by atoms with Gasteiger partial charge >= 0.3 is 0 Å². The maximum Gasteiger partial charge on any atom is 0.277 e. The molecular weight excluding hydrogens is 414 g/mol. The molecule has 0 aliphatic heterocycles. The van der Waals surface area contributed by atoms with Crippen LogP contribution in [0.4, 0.5) is 5.13 Å². The average molecular weight is 430 g/mol. The second-order valence-electron chi connectivity index (χ2n) is 5.78. The number of thiophene rings is 1. The van der Waals surface area contributed by atoms with Crippen LogP contribution < -0.4 is 5.32 Å². The number of aromatic nitrogens is 6. The lowest BCUT2D eigenvalue weighted by Crippen LogP contribution is -2.12. The highest BCUT2D eigenvalue weighted by Crippen LogP contribution is 2.32. The third-order valence-electron chi connectivity index (χ3n) is 3.89. The van der Waals surface area contributed by atoms with Gasteiger partial charge < -0.3 is 0 Å². The third-order valence-corrected chi connectivity index (χ3v) is 6.17. The lowest BCUT2D eigenvalue weighted by Gasteiger charge is -2.01. The van der Waals surface area contributed by atoms with Gasteiger partial charge in [-0.25, -0.2) is 4.98 Å². The fourth-order valence-corrected chi connectivity index (χ4v) is 4.46. The lowest BCUT2D eigenvalue weighted by molar-refractivity contribution is 0.102. The summed E-state index contributed by atoms with van der Waals surface area (Å²) < 4.78 is 2.33. The van der Waals surface area contributed by atoms with E-state index in [1.54, 1.807) is 23.5 Å². The number of aryl methyl sites for hydroxylation is 1. The zero-order valence-corrected chi connectivity index (χ0v) is 17.2. The molecule has 0 bridgehead atoms. The summed E-state index contributed by atoms with van der Waals surface area (Å²) in [5, 5.41) is 19.3. The number of carbonyl (C=O) groups is 1. The van der Waals surface area contributed by atoms with Crippen molar-refractivity contribution in [2.45, 2.75) is 13.5 Å². The Morgan fingerprint density at radius 1 is 1.43 bits per heavy atom. The van der Waals surface area contributed by atoms with E-state index >= 15 is 0 Å². The number of anilines is 1. The van der Waals surface area contributed by atoms with E-state index in [0.717, 1.165) is 21.1 Å². The number of rotatable bonds is 6. The molecule has 0 aliphatic carbocycles. The Balaban J connectivity index is 1.57. The Labute approximate surface area is 173 Å². The summed E-state index contributed by atoms with van der Waals surface area (Å²) in [7, 11) is 0. The molecule has 4 aromatic heterocycles. The standard InChI is InChI=1S/C17H15N7OS3/c1-3-6-24-14(22-23-17(24)26)13-9(2)18-16(28-13)19-15(25)11-8-10(20-21-11)12-5-4-7-27-12/h3-5,7-8H,1,6H2,2H3,(H,20,21)(H,23,26)(H,18,19,25). The minimum absolute atomic E-state index is 0.298. The van der Waals surface area contributed by atoms with Gasteiger partial charge in [-0.15, -0.1) is 17.9 Å². The van der Waals surface area contributed by atoms with E-state index < -0.39 is 0 Å². The molecule has 0 saturated carbocycles. The van der Waals surface area contributed by atoms with Gasteiger partial charge in [0.25, 0.3) is 5.91 Å². The number of nitrogens with one attached hydrogen (secondary N) is 3. The highest BCUT2D eigenvalue weighted by Gasteiger charge is 2.19. The number of hydrogen-bond acceptors (Lipinski definition) is 7. The summed E-state index contributed by atoms with van der Waals surface area (Å²) >= 11 is 8.16. The van der Waals surface area contributed by atoms with E-state index in [2.05, 4.69) is 37.3 Å². The van der Waals surface area contributed by atoms with Crippen LogP contribution in [0, 0.1) is 11.7 Å². The second-order valence-corrected chi connectivity index (χ2v) is 8.12. The van der Waals surface area contributed by atoms with Crippen molar-refractivity contribution in [1.82, 2.24) is 29.9 Å². The fourth-order valence-electron chi connectivity index (χ4n) is 2.60. The molecular formula is C17H15N7OS3. The number of allylic oxidation sites excluding steroid dienone is 1. The summed E-state index contributed by atoms with van der Waals surface area (Å²) in [5.41, 5.74) is 1.85. The lowest BCUT2D eigenvalue weighted by atomic mass is 10.3. The number of carbonyl (C=O) groups excluding carboxylic acids is 1. The largest absolute Gasteiger partial charge is 0.296 e. The first-order valence-electron chi connectivity index (χ1n) is 8.21. The maximum absolute atomic E-state index is 12.5. The van der Waals surface area contributed by atoms with Crippen molar-refractivity contribution in [3.05, 3.63) is 52.4 Å². The quantitative estimate of drug-likeness (QED) is 0.314. The summed E-state index contributed by atoms with van der Waals surface area (Å²) in [5.74, 6) is 0.337. The predicted octanol–water partition coefficient (Wildman–Crippen LogP) is 4.26. The number of nitrogens with zero attached hydrogens (tertiary/aromatic N) is 4. The summed E-state index contributed by atoms with van der Waals surface area (Å²) in [6, 6.07) is 5.63. The first kappa shape index (κ1) is 18.5. The van der Waals surface area contributed by atoms with Gasteiger partial charge in [-0.05, 0) is 36.7 Å². The minimum atomic E-state index is -0.329. The van der Waals surface area contributed by atoms with E-state index in [1.807, 2.05) is 29.0 Å². The van der Waals surface area contributed by atoms with Gasteiger partial charge in [-0.3, -0.25) is 24.9 Å². The van der Waals surface area contributed by atoms with Crippen molar-refractivity contribution in [2.75, 3.05) is 5.32 Å². The summed E-state index contributed by atoms with van der Waals surface area (Å²) in [6.45, 7) is 6.14. The number of amides is 1. The van der Waals surface area contributed by atoms with Gasteiger partial charge in [0.15, 0.2) is 21.4 Å². The van der Waals surface area contributed by atoms with E-state index in [0.29, 0.717) is 28.0 Å². The van der Waals surface area contributed by atoms with Crippen LogP contribution >= 0.6 is 34.9 Å². The third kappa shape index (κ3) is 3.46. The van der Waals surface area contributed by atoms with Crippen molar-refractivity contribution < 1.29 is 4.79 Å². The normalized spacial score (nSPS) is 10.9. The van der Waals surface area contributed by atoms with Crippen LogP contribution in [0.25, 0.3) is 21.3 Å². The summed E-state index contributed by atoms with van der Waals surface area (Å²) in [6.07, 6.45) is 1.75. The molecule has 4 heterocycles. The fraction of sp³-hybridized carbons (Fsp3) is 0.118. The van der Waals surface area contributed by atoms with Crippen LogP contribution in [0.2, 0.25) is 0 Å². The molecule has 0 atom stereocenters. The molecule has 4 aromatic rings. The van der Waals surface area contributed by atoms with Crippen LogP contribution in [0.15, 0.2) is 36.2 Å². The maximum atomic E-state index is 12.5. The summed E-state index contributed by atoms with van der Waals surface area (Å²) in [4.78, 5) is 18.8. The number of hydrogen-bond donors (Lipinski definition) is 3. The Hall–Kier alpha value is -2.89. The van der Waals surface area contributed by atoms with Crippen LogP contribution in [0.3, 0.4) is 0 Å². The second kappa shape index (κ2) is 7.62. The number of H-pyrrole nitrogens is 2. The topological polar surface area (TPSA) is 104 Å². The molecule has 11 heteroatoms. The van der Waals surface area contributed by atoms with E-state index in [-0.39, 0.29) is 5.91 Å². The van der Waals surface area contributed by atoms with Crippen LogP contribution in [0.5, 0.6) is 0 Å². The molecule has 142 valence electrons. The molecule has 0 fully saturated rings. The van der Waals surface area contributed by atoms with Crippen molar-refractivity contribution in [2.24, 2.45) is 0 Å². The Morgan fingerprint density at radius 3 is 3.04 bits per heavy atom. The molecule has 3 N–H and O–H groups in total. The molecule has 0 saturated heterocycles. The first-order valence-corrected chi connectivity index (χ1v) is 10.3. The number of thiazole rings is 1. The van der Waals surface area contributed by atoms with Crippen LogP contribution in [0.1, 0.15) is 16.2 Å². The Morgan fingerprint density at radius 2 is 2.29 bits per heavy atom. The predicted molar refractivity (Wildman–Crippen MR) is 113 cm³/mol. The molecule has 4 rings (SSSR count). The molecule has 0 unspecified atom stereocenters. The van der Waals surface area contributed by atoms with E-state index in [9.17, 15) is 4.79 Å². The van der Waals surface area contributed by atoms with Crippen LogP contribution in [-0.2, 0) is 6.54 Å². The van der Waals surface area contributed by atoms with Gasteiger partial charge in [-0.2, -0.15) is 10.2 Å². The molecule has 0 aliphatic rings. The molecule has 0 aromatic carbocycles. The van der Waals surface area contributed by atoms with Gasteiger partial charge in [0, 0.05) is 6.54 Å². The molecule has 0 radical (unpaired) electrons. The smallest absolute Gasteiger partial charge is 0.277 e.